The van der Waals surface area contributed by atoms with Crippen LogP contribution in [0.4, 0.5) is 17.6 Å². The molecule has 0 fully saturated rings. The Morgan fingerprint density at radius 2 is 1.77 bits per heavy atom. The number of rotatable bonds is 6. The van der Waals surface area contributed by atoms with E-state index in [1.807, 2.05) is 0 Å². The largest absolute Gasteiger partial charge is 0.497 e. The molecule has 1 amide bonds. The van der Waals surface area contributed by atoms with Crippen LogP contribution >= 0.6 is 0 Å². The number of halogens is 4. The summed E-state index contributed by atoms with van der Waals surface area (Å²) in [6.45, 7) is -0.375. The first kappa shape index (κ1) is 19.6. The van der Waals surface area contributed by atoms with Gasteiger partial charge >= 0.3 is 6.18 Å². The molecule has 140 valence electrons. The van der Waals surface area contributed by atoms with Crippen molar-refractivity contribution in [2.75, 3.05) is 14.2 Å². The van der Waals surface area contributed by atoms with Crippen LogP contribution in [-0.2, 0) is 23.9 Å². The van der Waals surface area contributed by atoms with Gasteiger partial charge in [-0.05, 0) is 35.9 Å². The van der Waals surface area contributed by atoms with Crippen molar-refractivity contribution >= 4 is 5.91 Å². The summed E-state index contributed by atoms with van der Waals surface area (Å²) in [4.78, 5) is 12.1. The van der Waals surface area contributed by atoms with Crippen LogP contribution in [0.3, 0.4) is 0 Å². The Bertz CT molecular complexity index is 790. The summed E-state index contributed by atoms with van der Waals surface area (Å²) in [5.41, 5.74) is -0.805. The third-order valence-electron chi connectivity index (χ3n) is 3.69. The molecule has 4 nitrogen and oxygen atoms in total. The van der Waals surface area contributed by atoms with Gasteiger partial charge in [-0.15, -0.1) is 0 Å². The van der Waals surface area contributed by atoms with Gasteiger partial charge in [0.25, 0.3) is 0 Å². The maximum Gasteiger partial charge on any atom is 0.416 e. The van der Waals surface area contributed by atoms with Crippen molar-refractivity contribution in [1.29, 1.82) is 0 Å². The van der Waals surface area contributed by atoms with Gasteiger partial charge in [0.05, 0.1) is 26.2 Å². The fraction of sp³-hybridized carbons (Fsp3) is 0.278. The minimum Gasteiger partial charge on any atom is -0.497 e. The van der Waals surface area contributed by atoms with Gasteiger partial charge in [-0.3, -0.25) is 4.79 Å². The Morgan fingerprint density at radius 3 is 2.38 bits per heavy atom. The molecule has 2 aromatic carbocycles. The molecule has 0 aliphatic carbocycles. The number of carbonyl (C=O) groups excluding carboxylic acids is 1. The van der Waals surface area contributed by atoms with Crippen LogP contribution < -0.4 is 14.8 Å². The van der Waals surface area contributed by atoms with Crippen LogP contribution in [0.25, 0.3) is 0 Å². The highest BCUT2D eigenvalue weighted by Crippen LogP contribution is 2.32. The van der Waals surface area contributed by atoms with Gasteiger partial charge in [0.15, 0.2) is 0 Å². The molecule has 0 saturated carbocycles. The standard InChI is InChI=1S/C18H17F4NO3/c1-25-14-5-6-16(26-2)12(7-14)8-17(24)23-10-11-3-4-13(19)9-15(11)18(20,21)22/h3-7,9H,8,10H2,1-2H3,(H,23,24). The van der Waals surface area contributed by atoms with Crippen LogP contribution in [-0.4, -0.2) is 20.1 Å². The van der Waals surface area contributed by atoms with Gasteiger partial charge in [0, 0.05) is 12.1 Å². The third kappa shape index (κ3) is 4.87. The van der Waals surface area contributed by atoms with Gasteiger partial charge in [0.2, 0.25) is 5.91 Å². The van der Waals surface area contributed by atoms with E-state index in [1.54, 1.807) is 18.2 Å². The Morgan fingerprint density at radius 1 is 1.04 bits per heavy atom. The zero-order chi connectivity index (χ0) is 19.3. The molecule has 0 aromatic heterocycles. The van der Waals surface area contributed by atoms with Gasteiger partial charge in [-0.25, -0.2) is 4.39 Å². The maximum atomic E-state index is 13.1. The summed E-state index contributed by atoms with van der Waals surface area (Å²) in [6, 6.07) is 7.23. The van der Waals surface area contributed by atoms with Gasteiger partial charge < -0.3 is 14.8 Å². The lowest BCUT2D eigenvalue weighted by molar-refractivity contribution is -0.138. The van der Waals surface area contributed by atoms with Gasteiger partial charge in [-0.2, -0.15) is 13.2 Å². The molecule has 0 aliphatic heterocycles. The van der Waals surface area contributed by atoms with E-state index >= 15 is 0 Å². The lowest BCUT2D eigenvalue weighted by Gasteiger charge is -2.14. The monoisotopic (exact) mass is 371 g/mol. The van der Waals surface area contributed by atoms with E-state index < -0.39 is 23.5 Å². The van der Waals surface area contributed by atoms with E-state index in [0.717, 1.165) is 12.1 Å². The highest BCUT2D eigenvalue weighted by atomic mass is 19.4. The maximum absolute atomic E-state index is 13.1. The minimum absolute atomic E-state index is 0.108. The molecule has 2 rings (SSSR count). The Labute approximate surface area is 147 Å². The van der Waals surface area contributed by atoms with Crippen molar-refractivity contribution in [3.8, 4) is 11.5 Å². The van der Waals surface area contributed by atoms with Crippen LogP contribution in [0.2, 0.25) is 0 Å². The second kappa shape index (κ2) is 8.07. The van der Waals surface area contributed by atoms with Crippen LogP contribution in [0, 0.1) is 5.82 Å². The Hall–Kier alpha value is -2.77. The number of nitrogens with one attached hydrogen (secondary N) is 1. The molecular weight excluding hydrogens is 354 g/mol. The molecule has 0 bridgehead atoms. The number of amides is 1. The number of alkyl halides is 3. The lowest BCUT2D eigenvalue weighted by Crippen LogP contribution is -2.26. The molecule has 0 saturated heterocycles. The molecule has 1 N–H and O–H groups in total. The number of methoxy groups -OCH3 is 2. The number of ether oxygens (including phenoxy) is 2. The highest BCUT2D eigenvalue weighted by Gasteiger charge is 2.33. The number of carbonyl (C=O) groups is 1. The minimum atomic E-state index is -4.71. The molecular formula is C18H17F4NO3. The topological polar surface area (TPSA) is 47.6 Å². The zero-order valence-electron chi connectivity index (χ0n) is 14.1. The number of benzene rings is 2. The van der Waals surface area contributed by atoms with Crippen molar-refractivity contribution in [2.24, 2.45) is 0 Å². The summed E-state index contributed by atoms with van der Waals surface area (Å²) in [7, 11) is 2.91. The van der Waals surface area contributed by atoms with Gasteiger partial charge in [0.1, 0.15) is 17.3 Å². The first-order chi connectivity index (χ1) is 12.2. The molecule has 0 atom stereocenters. The summed E-state index contributed by atoms with van der Waals surface area (Å²) in [5, 5.41) is 2.41. The molecule has 0 spiro atoms. The van der Waals surface area contributed by atoms with Crippen molar-refractivity contribution in [3.05, 3.63) is 58.9 Å². The van der Waals surface area contributed by atoms with E-state index in [1.165, 1.54) is 14.2 Å². The fourth-order valence-corrected chi connectivity index (χ4v) is 2.42. The van der Waals surface area contributed by atoms with E-state index in [-0.39, 0.29) is 18.5 Å². The number of hydrogen-bond acceptors (Lipinski definition) is 3. The van der Waals surface area contributed by atoms with Crippen molar-refractivity contribution in [3.63, 3.8) is 0 Å². The first-order valence-corrected chi connectivity index (χ1v) is 7.58. The Kier molecular flexibility index (Phi) is 6.07. The van der Waals surface area contributed by atoms with Crippen LogP contribution in [0.5, 0.6) is 11.5 Å². The van der Waals surface area contributed by atoms with Crippen molar-refractivity contribution in [2.45, 2.75) is 19.1 Å². The molecule has 0 aliphatic rings. The van der Waals surface area contributed by atoms with Crippen LogP contribution in [0.15, 0.2) is 36.4 Å². The normalized spacial score (nSPS) is 11.2. The summed E-state index contributed by atoms with van der Waals surface area (Å²) >= 11 is 0. The van der Waals surface area contributed by atoms with Crippen molar-refractivity contribution in [1.82, 2.24) is 5.32 Å². The fourth-order valence-electron chi connectivity index (χ4n) is 2.42. The van der Waals surface area contributed by atoms with E-state index in [9.17, 15) is 22.4 Å². The average molecular weight is 371 g/mol. The average Bonchev–Trinajstić information content (AvgIpc) is 2.59. The summed E-state index contributed by atoms with van der Waals surface area (Å²) < 4.78 is 62.3. The Balaban J connectivity index is 2.11. The zero-order valence-corrected chi connectivity index (χ0v) is 14.1. The number of hydrogen-bond donors (Lipinski definition) is 1. The quantitative estimate of drug-likeness (QED) is 0.788. The second-order valence-electron chi connectivity index (χ2n) is 5.43. The SMILES string of the molecule is COc1ccc(OC)c(CC(=O)NCc2ccc(F)cc2C(F)(F)F)c1. The smallest absolute Gasteiger partial charge is 0.416 e. The predicted octanol–water partition coefficient (Wildman–Crippen LogP) is 3.72. The second-order valence-corrected chi connectivity index (χ2v) is 5.43. The summed E-state index contributed by atoms with van der Waals surface area (Å²) in [6.07, 6.45) is -4.82. The van der Waals surface area contributed by atoms with E-state index in [2.05, 4.69) is 5.32 Å². The van der Waals surface area contributed by atoms with E-state index in [0.29, 0.717) is 23.1 Å². The highest BCUT2D eigenvalue weighted by molar-refractivity contribution is 5.79. The summed E-state index contributed by atoms with van der Waals surface area (Å²) in [5.74, 6) is -0.521. The molecule has 0 heterocycles. The van der Waals surface area contributed by atoms with E-state index in [4.69, 9.17) is 9.47 Å². The van der Waals surface area contributed by atoms with Crippen LogP contribution in [0.1, 0.15) is 16.7 Å². The molecule has 2 aromatic rings. The third-order valence-corrected chi connectivity index (χ3v) is 3.69. The van der Waals surface area contributed by atoms with Crippen molar-refractivity contribution < 1.29 is 31.8 Å². The lowest BCUT2D eigenvalue weighted by atomic mass is 10.1. The molecule has 0 unspecified atom stereocenters. The predicted molar refractivity (Wildman–Crippen MR) is 86.5 cm³/mol. The van der Waals surface area contributed by atoms with Gasteiger partial charge in [-0.1, -0.05) is 6.07 Å². The molecule has 26 heavy (non-hydrogen) atoms. The first-order valence-electron chi connectivity index (χ1n) is 7.58. The molecule has 8 heteroatoms. The molecule has 0 radical (unpaired) electrons.